The zero-order valence-electron chi connectivity index (χ0n) is 21.3. The molecular formula is C28H33ClN2O4S. The van der Waals surface area contributed by atoms with Gasteiger partial charge in [0, 0.05) is 6.54 Å². The predicted octanol–water partition coefficient (Wildman–Crippen LogP) is 5.73. The molecule has 8 heteroatoms. The first-order valence-corrected chi connectivity index (χ1v) is 13.7. The second-order valence-electron chi connectivity index (χ2n) is 8.87. The number of carbonyl (C=O) groups excluding carboxylic acids is 1. The molecule has 36 heavy (non-hydrogen) atoms. The summed E-state index contributed by atoms with van der Waals surface area (Å²) < 4.78 is 33.9. The van der Waals surface area contributed by atoms with Crippen molar-refractivity contribution in [3.63, 3.8) is 0 Å². The average Bonchev–Trinajstić information content (AvgIpc) is 2.82. The largest absolute Gasteiger partial charge is 0.492 e. The number of amides is 1. The normalized spacial score (nSPS) is 12.4. The lowest BCUT2D eigenvalue weighted by molar-refractivity contribution is -0.122. The number of hydrogen-bond acceptors (Lipinski definition) is 4. The van der Waals surface area contributed by atoms with Crippen molar-refractivity contribution < 1.29 is 17.9 Å². The van der Waals surface area contributed by atoms with Crippen molar-refractivity contribution in [1.82, 2.24) is 9.62 Å². The third kappa shape index (κ3) is 6.66. The lowest BCUT2D eigenvalue weighted by Gasteiger charge is -2.24. The number of rotatable bonds is 10. The van der Waals surface area contributed by atoms with Crippen LogP contribution in [0.4, 0.5) is 0 Å². The molecule has 3 aromatic carbocycles. The van der Waals surface area contributed by atoms with E-state index in [1.807, 2.05) is 58.0 Å². The van der Waals surface area contributed by atoms with Crippen LogP contribution in [0.2, 0.25) is 5.02 Å². The van der Waals surface area contributed by atoms with Gasteiger partial charge >= 0.3 is 0 Å². The van der Waals surface area contributed by atoms with Crippen molar-refractivity contribution in [2.24, 2.45) is 0 Å². The van der Waals surface area contributed by atoms with E-state index in [1.54, 1.807) is 0 Å². The minimum absolute atomic E-state index is 0.00210. The summed E-state index contributed by atoms with van der Waals surface area (Å²) >= 11 is 6.27. The molecule has 0 fully saturated rings. The first-order chi connectivity index (χ1) is 17.0. The molecule has 0 heterocycles. The number of halogens is 1. The first-order valence-electron chi connectivity index (χ1n) is 11.9. The standard InChI is InChI=1S/C28H33ClN2O4S/c1-6-35-27-13-12-24(16-26(27)29)36(33,34)31(17-23-10-8-7-9-11-23)18-28(32)30-22(5)25-15-20(3)19(2)14-21(25)4/h7-16,22H,6,17-18H2,1-5H3,(H,30,32)/t22-/m0/s1. The molecule has 0 radical (unpaired) electrons. The van der Waals surface area contributed by atoms with Crippen LogP contribution in [0, 0.1) is 20.8 Å². The van der Waals surface area contributed by atoms with Crippen molar-refractivity contribution in [3.05, 3.63) is 93.5 Å². The number of nitrogens with zero attached hydrogens (tertiary/aromatic N) is 1. The second-order valence-corrected chi connectivity index (χ2v) is 11.2. The van der Waals surface area contributed by atoms with Crippen LogP contribution in [-0.4, -0.2) is 31.8 Å². The predicted molar refractivity (Wildman–Crippen MR) is 144 cm³/mol. The van der Waals surface area contributed by atoms with E-state index < -0.39 is 15.9 Å². The van der Waals surface area contributed by atoms with Crippen LogP contribution in [-0.2, 0) is 21.4 Å². The number of benzene rings is 3. The van der Waals surface area contributed by atoms with Gasteiger partial charge < -0.3 is 10.1 Å². The summed E-state index contributed by atoms with van der Waals surface area (Å²) in [6, 6.07) is 17.4. The molecule has 3 rings (SSSR count). The molecule has 0 saturated heterocycles. The van der Waals surface area contributed by atoms with Crippen LogP contribution < -0.4 is 10.1 Å². The van der Waals surface area contributed by atoms with Crippen LogP contribution in [0.3, 0.4) is 0 Å². The van der Waals surface area contributed by atoms with Gasteiger partial charge in [-0.15, -0.1) is 0 Å². The summed E-state index contributed by atoms with van der Waals surface area (Å²) in [5.74, 6) is 0.0136. The molecule has 0 aliphatic rings. The Hall–Kier alpha value is -2.87. The number of nitrogens with one attached hydrogen (secondary N) is 1. The van der Waals surface area contributed by atoms with E-state index >= 15 is 0 Å². The highest BCUT2D eigenvalue weighted by Crippen LogP contribution is 2.29. The summed E-state index contributed by atoms with van der Waals surface area (Å²) in [6.07, 6.45) is 0. The average molecular weight is 529 g/mol. The number of carbonyl (C=O) groups is 1. The number of hydrogen-bond donors (Lipinski definition) is 1. The highest BCUT2D eigenvalue weighted by molar-refractivity contribution is 7.89. The van der Waals surface area contributed by atoms with Gasteiger partial charge in [-0.2, -0.15) is 4.31 Å². The molecule has 0 aromatic heterocycles. The van der Waals surface area contributed by atoms with Gasteiger partial charge in [0.05, 0.1) is 29.1 Å². The molecule has 0 saturated carbocycles. The Balaban J connectivity index is 1.87. The van der Waals surface area contributed by atoms with Gasteiger partial charge in [0.2, 0.25) is 15.9 Å². The van der Waals surface area contributed by atoms with Crippen LogP contribution >= 0.6 is 11.6 Å². The first kappa shape index (κ1) is 27.7. The molecule has 1 atom stereocenters. The lowest BCUT2D eigenvalue weighted by atomic mass is 9.96. The number of aryl methyl sites for hydroxylation is 3. The summed E-state index contributed by atoms with van der Waals surface area (Å²) in [7, 11) is -4.04. The Labute approximate surface area is 219 Å². The van der Waals surface area contributed by atoms with E-state index in [-0.39, 0.29) is 29.0 Å². The van der Waals surface area contributed by atoms with Crippen molar-refractivity contribution in [3.8, 4) is 5.75 Å². The summed E-state index contributed by atoms with van der Waals surface area (Å²) in [6.45, 7) is 9.92. The molecule has 1 amide bonds. The molecule has 0 bridgehead atoms. The van der Waals surface area contributed by atoms with Crippen molar-refractivity contribution in [2.75, 3.05) is 13.2 Å². The Morgan fingerprint density at radius 1 is 1.00 bits per heavy atom. The Kier molecular flexibility index (Phi) is 9.17. The molecule has 3 aromatic rings. The fourth-order valence-corrected chi connectivity index (χ4v) is 5.76. The monoisotopic (exact) mass is 528 g/mol. The number of sulfonamides is 1. The molecule has 1 N–H and O–H groups in total. The molecule has 0 aliphatic heterocycles. The highest BCUT2D eigenvalue weighted by Gasteiger charge is 2.28. The SMILES string of the molecule is CCOc1ccc(S(=O)(=O)N(CC(=O)N[C@@H](C)c2cc(C)c(C)cc2C)Cc2ccccc2)cc1Cl. The van der Waals surface area contributed by atoms with Crippen molar-refractivity contribution >= 4 is 27.5 Å². The van der Waals surface area contributed by atoms with Gasteiger partial charge in [-0.05, 0) is 80.6 Å². The van der Waals surface area contributed by atoms with Crippen LogP contribution in [0.5, 0.6) is 5.75 Å². The van der Waals surface area contributed by atoms with E-state index in [9.17, 15) is 13.2 Å². The van der Waals surface area contributed by atoms with Gasteiger partial charge in [0.25, 0.3) is 0 Å². The van der Waals surface area contributed by atoms with Gasteiger partial charge in [0.15, 0.2) is 0 Å². The van der Waals surface area contributed by atoms with E-state index in [0.29, 0.717) is 12.4 Å². The van der Waals surface area contributed by atoms with Gasteiger partial charge in [-0.1, -0.05) is 54.1 Å². The Bertz CT molecular complexity index is 1330. The molecule has 0 aliphatic carbocycles. The molecular weight excluding hydrogens is 496 g/mol. The fourth-order valence-electron chi connectivity index (χ4n) is 4.05. The van der Waals surface area contributed by atoms with E-state index in [1.165, 1.54) is 28.1 Å². The summed E-state index contributed by atoms with van der Waals surface area (Å²) in [4.78, 5) is 13.1. The van der Waals surface area contributed by atoms with Gasteiger partial charge in [0.1, 0.15) is 5.75 Å². The summed E-state index contributed by atoms with van der Waals surface area (Å²) in [5, 5.41) is 3.16. The van der Waals surface area contributed by atoms with Crippen LogP contribution in [0.15, 0.2) is 65.6 Å². The maximum Gasteiger partial charge on any atom is 0.243 e. The Morgan fingerprint density at radius 3 is 2.31 bits per heavy atom. The van der Waals surface area contributed by atoms with Crippen molar-refractivity contribution in [2.45, 2.75) is 52.1 Å². The minimum atomic E-state index is -4.04. The third-order valence-corrected chi connectivity index (χ3v) is 8.17. The second kappa shape index (κ2) is 11.9. The lowest BCUT2D eigenvalue weighted by Crippen LogP contribution is -2.41. The van der Waals surface area contributed by atoms with Gasteiger partial charge in [-0.25, -0.2) is 8.42 Å². The fraction of sp³-hybridized carbons (Fsp3) is 0.321. The van der Waals surface area contributed by atoms with Crippen LogP contribution in [0.25, 0.3) is 0 Å². The maximum absolute atomic E-state index is 13.6. The third-order valence-electron chi connectivity index (χ3n) is 6.09. The smallest absolute Gasteiger partial charge is 0.243 e. The molecule has 0 unspecified atom stereocenters. The molecule has 192 valence electrons. The zero-order chi connectivity index (χ0) is 26.5. The minimum Gasteiger partial charge on any atom is -0.492 e. The topological polar surface area (TPSA) is 75.7 Å². The molecule has 6 nitrogen and oxygen atoms in total. The Morgan fingerprint density at radius 2 is 1.67 bits per heavy atom. The van der Waals surface area contributed by atoms with Crippen molar-refractivity contribution in [1.29, 1.82) is 0 Å². The van der Waals surface area contributed by atoms with Crippen LogP contribution in [0.1, 0.15) is 47.7 Å². The number of ether oxygens (including phenoxy) is 1. The summed E-state index contributed by atoms with van der Waals surface area (Å²) in [5.41, 5.74) is 5.16. The van der Waals surface area contributed by atoms with E-state index in [4.69, 9.17) is 16.3 Å². The van der Waals surface area contributed by atoms with Gasteiger partial charge in [-0.3, -0.25) is 4.79 Å². The van der Waals surface area contributed by atoms with E-state index in [0.717, 1.165) is 22.3 Å². The quantitative estimate of drug-likeness (QED) is 0.364. The highest BCUT2D eigenvalue weighted by atomic mass is 35.5. The molecule has 0 spiro atoms. The maximum atomic E-state index is 13.6. The van der Waals surface area contributed by atoms with E-state index in [2.05, 4.69) is 24.4 Å². The zero-order valence-corrected chi connectivity index (χ0v) is 22.9.